The van der Waals surface area contributed by atoms with Crippen molar-refractivity contribution in [3.8, 4) is 0 Å². The van der Waals surface area contributed by atoms with E-state index in [1.54, 1.807) is 38.4 Å². The van der Waals surface area contributed by atoms with Crippen LogP contribution in [0, 0.1) is 5.92 Å². The van der Waals surface area contributed by atoms with Gasteiger partial charge in [0, 0.05) is 25.3 Å². The van der Waals surface area contributed by atoms with Crippen molar-refractivity contribution in [3.05, 3.63) is 29.8 Å². The van der Waals surface area contributed by atoms with Crippen molar-refractivity contribution in [2.24, 2.45) is 11.7 Å². The third-order valence-corrected chi connectivity index (χ3v) is 3.24. The Balaban J connectivity index is 2.60. The molecule has 0 bridgehead atoms. The van der Waals surface area contributed by atoms with Gasteiger partial charge >= 0.3 is 0 Å². The van der Waals surface area contributed by atoms with Gasteiger partial charge in [-0.3, -0.25) is 14.4 Å². The van der Waals surface area contributed by atoms with E-state index in [1.807, 2.05) is 13.8 Å². The molecule has 3 amide bonds. The second-order valence-corrected chi connectivity index (χ2v) is 5.82. The average Bonchev–Trinajstić information content (AvgIpc) is 2.51. The lowest BCUT2D eigenvalue weighted by molar-refractivity contribution is -0.125. The SMILES string of the molecule is CC(C)[C@H](N)C(=O)NCC(=O)Nc1cccc(C(=O)N(C)C)c1. The molecule has 1 aromatic rings. The van der Waals surface area contributed by atoms with Gasteiger partial charge in [0.15, 0.2) is 0 Å². The highest BCUT2D eigenvalue weighted by Gasteiger charge is 2.17. The fourth-order valence-electron chi connectivity index (χ4n) is 1.78. The van der Waals surface area contributed by atoms with Crippen LogP contribution in [0.15, 0.2) is 24.3 Å². The van der Waals surface area contributed by atoms with Crippen molar-refractivity contribution in [1.82, 2.24) is 10.2 Å². The maximum atomic E-state index is 11.9. The molecule has 0 aliphatic heterocycles. The van der Waals surface area contributed by atoms with E-state index in [2.05, 4.69) is 10.6 Å². The number of amides is 3. The molecule has 0 saturated carbocycles. The van der Waals surface area contributed by atoms with Gasteiger partial charge < -0.3 is 21.3 Å². The molecule has 4 N–H and O–H groups in total. The summed E-state index contributed by atoms with van der Waals surface area (Å²) in [6.07, 6.45) is 0. The summed E-state index contributed by atoms with van der Waals surface area (Å²) in [5.74, 6) is -0.917. The van der Waals surface area contributed by atoms with Crippen LogP contribution in [0.5, 0.6) is 0 Å². The maximum Gasteiger partial charge on any atom is 0.253 e. The van der Waals surface area contributed by atoms with Crippen LogP contribution in [0.1, 0.15) is 24.2 Å². The number of rotatable bonds is 6. The number of benzene rings is 1. The Labute approximate surface area is 136 Å². The van der Waals surface area contributed by atoms with Crippen molar-refractivity contribution in [3.63, 3.8) is 0 Å². The maximum absolute atomic E-state index is 11.9. The van der Waals surface area contributed by atoms with Crippen LogP contribution in [0.4, 0.5) is 5.69 Å². The Hall–Kier alpha value is -2.41. The number of carbonyl (C=O) groups excluding carboxylic acids is 3. The molecule has 0 saturated heterocycles. The standard InChI is InChI=1S/C16H24N4O3/c1-10(2)14(17)15(22)18-9-13(21)19-12-7-5-6-11(8-12)16(23)20(3)4/h5-8,10,14H,9,17H2,1-4H3,(H,18,22)(H,19,21)/t14-/m0/s1. The highest BCUT2D eigenvalue weighted by molar-refractivity contribution is 5.98. The quantitative estimate of drug-likeness (QED) is 0.707. The topological polar surface area (TPSA) is 105 Å². The molecule has 0 unspecified atom stereocenters. The van der Waals surface area contributed by atoms with E-state index in [1.165, 1.54) is 4.90 Å². The summed E-state index contributed by atoms with van der Waals surface area (Å²) in [6, 6.07) is 5.96. The molecule has 126 valence electrons. The monoisotopic (exact) mass is 320 g/mol. The normalized spacial score (nSPS) is 11.7. The molecule has 0 fully saturated rings. The fraction of sp³-hybridized carbons (Fsp3) is 0.438. The van der Waals surface area contributed by atoms with E-state index in [0.717, 1.165) is 0 Å². The van der Waals surface area contributed by atoms with E-state index >= 15 is 0 Å². The van der Waals surface area contributed by atoms with Crippen molar-refractivity contribution >= 4 is 23.4 Å². The Bertz CT molecular complexity index is 584. The summed E-state index contributed by atoms with van der Waals surface area (Å²) in [6.45, 7) is 3.49. The summed E-state index contributed by atoms with van der Waals surface area (Å²) in [4.78, 5) is 36.9. The van der Waals surface area contributed by atoms with Crippen LogP contribution >= 0.6 is 0 Å². The Morgan fingerprint density at radius 3 is 2.43 bits per heavy atom. The van der Waals surface area contributed by atoms with Crippen molar-refractivity contribution < 1.29 is 14.4 Å². The molecule has 23 heavy (non-hydrogen) atoms. The number of nitrogens with two attached hydrogens (primary N) is 1. The summed E-state index contributed by atoms with van der Waals surface area (Å²) in [7, 11) is 3.31. The number of hydrogen-bond donors (Lipinski definition) is 3. The van der Waals surface area contributed by atoms with Crippen LogP contribution in [0.3, 0.4) is 0 Å². The Morgan fingerprint density at radius 1 is 1.22 bits per heavy atom. The van der Waals surface area contributed by atoms with E-state index in [-0.39, 0.29) is 30.2 Å². The van der Waals surface area contributed by atoms with Gasteiger partial charge in [-0.25, -0.2) is 0 Å². The molecule has 0 heterocycles. The third-order valence-electron chi connectivity index (χ3n) is 3.24. The van der Waals surface area contributed by atoms with Gasteiger partial charge in [0.05, 0.1) is 12.6 Å². The summed E-state index contributed by atoms with van der Waals surface area (Å²) in [5, 5.41) is 5.12. The lowest BCUT2D eigenvalue weighted by Crippen LogP contribution is -2.46. The summed E-state index contributed by atoms with van der Waals surface area (Å²) < 4.78 is 0. The zero-order valence-corrected chi connectivity index (χ0v) is 13.9. The molecular formula is C16H24N4O3. The number of carbonyl (C=O) groups is 3. The lowest BCUT2D eigenvalue weighted by Gasteiger charge is -2.15. The van der Waals surface area contributed by atoms with Gasteiger partial charge in [0.2, 0.25) is 11.8 Å². The molecule has 1 aromatic carbocycles. The average molecular weight is 320 g/mol. The minimum Gasteiger partial charge on any atom is -0.346 e. The molecule has 1 rings (SSSR count). The van der Waals surface area contributed by atoms with Crippen molar-refractivity contribution in [2.75, 3.05) is 26.0 Å². The van der Waals surface area contributed by atoms with Crippen LogP contribution in [-0.2, 0) is 9.59 Å². The van der Waals surface area contributed by atoms with Crippen LogP contribution in [0.25, 0.3) is 0 Å². The van der Waals surface area contributed by atoms with Crippen LogP contribution < -0.4 is 16.4 Å². The second kappa shape index (κ2) is 8.28. The minimum atomic E-state index is -0.649. The minimum absolute atomic E-state index is 0.00760. The second-order valence-electron chi connectivity index (χ2n) is 5.82. The molecular weight excluding hydrogens is 296 g/mol. The summed E-state index contributed by atoms with van der Waals surface area (Å²) in [5.41, 5.74) is 6.66. The Kier molecular flexibility index (Phi) is 6.71. The van der Waals surface area contributed by atoms with Gasteiger partial charge in [0.1, 0.15) is 0 Å². The van der Waals surface area contributed by atoms with Crippen molar-refractivity contribution in [2.45, 2.75) is 19.9 Å². The van der Waals surface area contributed by atoms with Gasteiger partial charge in [-0.05, 0) is 24.1 Å². The van der Waals surface area contributed by atoms with Gasteiger partial charge in [0.25, 0.3) is 5.91 Å². The van der Waals surface area contributed by atoms with E-state index in [4.69, 9.17) is 5.73 Å². The first-order chi connectivity index (χ1) is 10.7. The Morgan fingerprint density at radius 2 is 1.87 bits per heavy atom. The third kappa shape index (κ3) is 5.71. The first-order valence-electron chi connectivity index (χ1n) is 7.37. The first kappa shape index (κ1) is 18.6. The molecule has 0 aliphatic carbocycles. The zero-order chi connectivity index (χ0) is 17.6. The van der Waals surface area contributed by atoms with Crippen molar-refractivity contribution in [1.29, 1.82) is 0 Å². The molecule has 0 aliphatic rings. The predicted octanol–water partition coefficient (Wildman–Crippen LogP) is 0.426. The van der Waals surface area contributed by atoms with E-state index < -0.39 is 6.04 Å². The molecule has 0 radical (unpaired) electrons. The molecule has 1 atom stereocenters. The first-order valence-corrected chi connectivity index (χ1v) is 7.37. The number of nitrogens with one attached hydrogen (secondary N) is 2. The smallest absolute Gasteiger partial charge is 0.253 e. The van der Waals surface area contributed by atoms with Gasteiger partial charge in [-0.15, -0.1) is 0 Å². The highest BCUT2D eigenvalue weighted by atomic mass is 16.2. The lowest BCUT2D eigenvalue weighted by atomic mass is 10.1. The highest BCUT2D eigenvalue weighted by Crippen LogP contribution is 2.11. The van der Waals surface area contributed by atoms with E-state index in [9.17, 15) is 14.4 Å². The largest absolute Gasteiger partial charge is 0.346 e. The number of anilines is 1. The molecule has 0 spiro atoms. The molecule has 7 nitrogen and oxygen atoms in total. The molecule has 0 aromatic heterocycles. The van der Waals surface area contributed by atoms with Crippen LogP contribution in [-0.4, -0.2) is 49.3 Å². The fourth-order valence-corrected chi connectivity index (χ4v) is 1.78. The van der Waals surface area contributed by atoms with Gasteiger partial charge in [-0.1, -0.05) is 19.9 Å². The predicted molar refractivity (Wildman–Crippen MR) is 88.9 cm³/mol. The number of hydrogen-bond acceptors (Lipinski definition) is 4. The number of nitrogens with zero attached hydrogens (tertiary/aromatic N) is 1. The summed E-state index contributed by atoms with van der Waals surface area (Å²) >= 11 is 0. The zero-order valence-electron chi connectivity index (χ0n) is 13.9. The molecule has 7 heteroatoms. The van der Waals surface area contributed by atoms with E-state index in [0.29, 0.717) is 11.3 Å². The van der Waals surface area contributed by atoms with Gasteiger partial charge in [-0.2, -0.15) is 0 Å². The van der Waals surface area contributed by atoms with Crippen LogP contribution in [0.2, 0.25) is 0 Å².